The molecule has 5 nitrogen and oxygen atoms in total. The van der Waals surface area contributed by atoms with Crippen LogP contribution in [-0.4, -0.2) is 39.5 Å². The van der Waals surface area contributed by atoms with Crippen molar-refractivity contribution in [1.29, 1.82) is 0 Å². The molecule has 1 N–H and O–H groups in total. The molecule has 5 heteroatoms. The molecule has 0 saturated carbocycles. The number of nitrogens with zero attached hydrogens (tertiary/aromatic N) is 2. The van der Waals surface area contributed by atoms with Gasteiger partial charge in [0.15, 0.2) is 0 Å². The van der Waals surface area contributed by atoms with E-state index in [1.807, 2.05) is 47.0 Å². The summed E-state index contributed by atoms with van der Waals surface area (Å²) in [5.74, 6) is -0.236. The van der Waals surface area contributed by atoms with Gasteiger partial charge in [0.25, 0.3) is 5.91 Å². The Kier molecular flexibility index (Phi) is 4.37. The first-order chi connectivity index (χ1) is 11.1. The van der Waals surface area contributed by atoms with E-state index in [1.165, 1.54) is 0 Å². The number of aromatic nitrogens is 1. The van der Waals surface area contributed by atoms with Crippen molar-refractivity contribution in [1.82, 2.24) is 9.47 Å². The van der Waals surface area contributed by atoms with Gasteiger partial charge in [-0.1, -0.05) is 18.2 Å². The standard InChI is InChI=1S/C18H22N2O3/c1-19-12-15(14-4-2-3-5-16(14)19)18(23)20-10-8-13(9-11-20)6-7-17(21)22/h2-5,12-13H,6-11H2,1H3,(H,21,22). The van der Waals surface area contributed by atoms with Crippen LogP contribution in [-0.2, 0) is 11.8 Å². The Bertz CT molecular complexity index is 727. The minimum Gasteiger partial charge on any atom is -0.481 e. The summed E-state index contributed by atoms with van der Waals surface area (Å²) in [6.45, 7) is 1.43. The molecular formula is C18H22N2O3. The number of benzene rings is 1. The second-order valence-electron chi connectivity index (χ2n) is 6.34. The molecule has 1 saturated heterocycles. The first-order valence-corrected chi connectivity index (χ1v) is 8.11. The zero-order valence-corrected chi connectivity index (χ0v) is 13.4. The lowest BCUT2D eigenvalue weighted by molar-refractivity contribution is -0.137. The molecule has 1 aliphatic rings. The zero-order chi connectivity index (χ0) is 16.4. The molecule has 0 radical (unpaired) electrons. The lowest BCUT2D eigenvalue weighted by atomic mass is 9.92. The number of carboxylic acids is 1. The lowest BCUT2D eigenvalue weighted by Gasteiger charge is -2.31. The van der Waals surface area contributed by atoms with E-state index in [1.54, 1.807) is 0 Å². The van der Waals surface area contributed by atoms with E-state index >= 15 is 0 Å². The molecule has 3 rings (SSSR count). The highest BCUT2D eigenvalue weighted by Gasteiger charge is 2.25. The maximum Gasteiger partial charge on any atom is 0.303 e. The molecular weight excluding hydrogens is 292 g/mol. The monoisotopic (exact) mass is 314 g/mol. The Balaban J connectivity index is 1.68. The Morgan fingerprint density at radius 3 is 2.61 bits per heavy atom. The number of carbonyl (C=O) groups is 2. The van der Waals surface area contributed by atoms with Gasteiger partial charge in [-0.05, 0) is 31.2 Å². The topological polar surface area (TPSA) is 62.5 Å². The molecule has 1 aromatic carbocycles. The number of carboxylic acid groups (broad SMARTS) is 1. The fraction of sp³-hybridized carbons (Fsp3) is 0.444. The molecule has 1 aromatic heterocycles. The second kappa shape index (κ2) is 6.44. The number of rotatable bonds is 4. The number of aliphatic carboxylic acids is 1. The van der Waals surface area contributed by atoms with Crippen molar-refractivity contribution >= 4 is 22.8 Å². The van der Waals surface area contributed by atoms with Crippen LogP contribution < -0.4 is 0 Å². The van der Waals surface area contributed by atoms with Crippen molar-refractivity contribution in [3.05, 3.63) is 36.0 Å². The summed E-state index contributed by atoms with van der Waals surface area (Å²) in [4.78, 5) is 25.4. The Hall–Kier alpha value is -2.30. The van der Waals surface area contributed by atoms with E-state index in [4.69, 9.17) is 5.11 Å². The summed E-state index contributed by atoms with van der Waals surface area (Å²) in [6, 6.07) is 7.94. The first kappa shape index (κ1) is 15.6. The molecule has 0 spiro atoms. The van der Waals surface area contributed by atoms with Crippen LogP contribution in [0.15, 0.2) is 30.5 Å². The van der Waals surface area contributed by atoms with Gasteiger partial charge in [-0.3, -0.25) is 9.59 Å². The van der Waals surface area contributed by atoms with Crippen LogP contribution >= 0.6 is 0 Å². The maximum atomic E-state index is 12.8. The molecule has 1 amide bonds. The number of para-hydroxylation sites is 1. The van der Waals surface area contributed by atoms with Crippen molar-refractivity contribution in [3.63, 3.8) is 0 Å². The fourth-order valence-corrected chi connectivity index (χ4v) is 3.43. The summed E-state index contributed by atoms with van der Waals surface area (Å²) in [5.41, 5.74) is 1.82. The summed E-state index contributed by atoms with van der Waals surface area (Å²) in [7, 11) is 1.96. The van der Waals surface area contributed by atoms with E-state index in [0.717, 1.165) is 29.3 Å². The highest BCUT2D eigenvalue weighted by Crippen LogP contribution is 2.26. The fourth-order valence-electron chi connectivity index (χ4n) is 3.43. The van der Waals surface area contributed by atoms with Crippen LogP contribution in [0.1, 0.15) is 36.0 Å². The summed E-state index contributed by atoms with van der Waals surface area (Å²) in [5, 5.41) is 9.76. The predicted molar refractivity (Wildman–Crippen MR) is 88.4 cm³/mol. The Morgan fingerprint density at radius 1 is 1.22 bits per heavy atom. The quantitative estimate of drug-likeness (QED) is 0.944. The van der Waals surface area contributed by atoms with E-state index in [2.05, 4.69) is 0 Å². The summed E-state index contributed by atoms with van der Waals surface area (Å²) in [6.07, 6.45) is 4.63. The molecule has 0 aliphatic carbocycles. The molecule has 0 atom stereocenters. The van der Waals surface area contributed by atoms with Crippen molar-refractivity contribution in [2.24, 2.45) is 13.0 Å². The first-order valence-electron chi connectivity index (χ1n) is 8.11. The van der Waals surface area contributed by atoms with Crippen molar-refractivity contribution in [3.8, 4) is 0 Å². The van der Waals surface area contributed by atoms with Crippen LogP contribution in [0.3, 0.4) is 0 Å². The second-order valence-corrected chi connectivity index (χ2v) is 6.34. The number of likely N-dealkylation sites (tertiary alicyclic amines) is 1. The predicted octanol–water partition coefficient (Wildman–Crippen LogP) is 2.90. The average Bonchev–Trinajstić information content (AvgIpc) is 2.90. The van der Waals surface area contributed by atoms with Gasteiger partial charge in [0, 0.05) is 43.7 Å². The Morgan fingerprint density at radius 2 is 1.91 bits per heavy atom. The van der Waals surface area contributed by atoms with Gasteiger partial charge in [-0.2, -0.15) is 0 Å². The van der Waals surface area contributed by atoms with Gasteiger partial charge in [-0.25, -0.2) is 0 Å². The van der Waals surface area contributed by atoms with Crippen molar-refractivity contribution in [2.45, 2.75) is 25.7 Å². The third-order valence-electron chi connectivity index (χ3n) is 4.80. The number of aryl methyl sites for hydroxylation is 1. The largest absolute Gasteiger partial charge is 0.481 e. The SMILES string of the molecule is Cn1cc(C(=O)N2CCC(CCC(=O)O)CC2)c2ccccc21. The molecule has 0 bridgehead atoms. The van der Waals surface area contributed by atoms with Crippen LogP contribution in [0.25, 0.3) is 10.9 Å². The van der Waals surface area contributed by atoms with Crippen LogP contribution in [0.4, 0.5) is 0 Å². The molecule has 122 valence electrons. The van der Waals surface area contributed by atoms with Gasteiger partial charge in [-0.15, -0.1) is 0 Å². The Labute approximate surface area is 135 Å². The van der Waals surface area contributed by atoms with E-state index in [9.17, 15) is 9.59 Å². The van der Waals surface area contributed by atoms with Gasteiger partial charge in [0.1, 0.15) is 0 Å². The van der Waals surface area contributed by atoms with Gasteiger partial charge >= 0.3 is 5.97 Å². The van der Waals surface area contributed by atoms with Gasteiger partial charge < -0.3 is 14.6 Å². The lowest BCUT2D eigenvalue weighted by Crippen LogP contribution is -2.38. The summed E-state index contributed by atoms with van der Waals surface area (Å²) >= 11 is 0. The average molecular weight is 314 g/mol. The van der Waals surface area contributed by atoms with Crippen LogP contribution in [0.5, 0.6) is 0 Å². The minimum atomic E-state index is -0.737. The van der Waals surface area contributed by atoms with Crippen LogP contribution in [0, 0.1) is 5.92 Å². The number of fused-ring (bicyclic) bond motifs is 1. The third kappa shape index (κ3) is 3.23. The molecule has 2 heterocycles. The minimum absolute atomic E-state index is 0.0819. The molecule has 0 unspecified atom stereocenters. The number of carbonyl (C=O) groups excluding carboxylic acids is 1. The highest BCUT2D eigenvalue weighted by atomic mass is 16.4. The van der Waals surface area contributed by atoms with Crippen molar-refractivity contribution < 1.29 is 14.7 Å². The number of hydrogen-bond donors (Lipinski definition) is 1. The smallest absolute Gasteiger partial charge is 0.303 e. The molecule has 1 fully saturated rings. The number of hydrogen-bond acceptors (Lipinski definition) is 2. The highest BCUT2D eigenvalue weighted by molar-refractivity contribution is 6.07. The number of amides is 1. The third-order valence-corrected chi connectivity index (χ3v) is 4.80. The van der Waals surface area contributed by atoms with Crippen LogP contribution in [0.2, 0.25) is 0 Å². The van der Waals surface area contributed by atoms with Gasteiger partial charge in [0.05, 0.1) is 5.56 Å². The van der Waals surface area contributed by atoms with Gasteiger partial charge in [0.2, 0.25) is 0 Å². The summed E-state index contributed by atoms with van der Waals surface area (Å²) < 4.78 is 1.99. The van der Waals surface area contributed by atoms with Crippen molar-refractivity contribution in [2.75, 3.05) is 13.1 Å². The normalized spacial score (nSPS) is 16.0. The van der Waals surface area contributed by atoms with E-state index < -0.39 is 5.97 Å². The van der Waals surface area contributed by atoms with E-state index in [-0.39, 0.29) is 12.3 Å². The molecule has 1 aliphatic heterocycles. The maximum absolute atomic E-state index is 12.8. The molecule has 23 heavy (non-hydrogen) atoms. The zero-order valence-electron chi connectivity index (χ0n) is 13.4. The molecule has 2 aromatic rings. The number of piperidine rings is 1. The van der Waals surface area contributed by atoms with E-state index in [0.29, 0.717) is 25.4 Å².